The molecule has 6 heteroatoms. The van der Waals surface area contributed by atoms with Crippen molar-refractivity contribution in [2.24, 2.45) is 5.73 Å². The molecule has 2 nitrogen and oxygen atoms in total. The van der Waals surface area contributed by atoms with Gasteiger partial charge in [-0.05, 0) is 49.4 Å². The molecule has 1 atom stereocenters. The molecule has 124 valence electrons. The van der Waals surface area contributed by atoms with Crippen molar-refractivity contribution in [3.8, 4) is 5.75 Å². The van der Waals surface area contributed by atoms with E-state index in [9.17, 15) is 17.6 Å². The van der Waals surface area contributed by atoms with Gasteiger partial charge in [0.15, 0.2) is 0 Å². The lowest BCUT2D eigenvalue weighted by Crippen LogP contribution is -2.32. The Kier molecular flexibility index (Phi) is 4.94. The summed E-state index contributed by atoms with van der Waals surface area (Å²) in [5.41, 5.74) is 4.50. The minimum Gasteiger partial charge on any atom is -0.483 e. The molecule has 0 heterocycles. The van der Waals surface area contributed by atoms with Gasteiger partial charge < -0.3 is 10.5 Å². The third-order valence-corrected chi connectivity index (χ3v) is 3.58. The van der Waals surface area contributed by atoms with E-state index in [0.29, 0.717) is 12.0 Å². The van der Waals surface area contributed by atoms with Gasteiger partial charge in [0.25, 0.3) is 0 Å². The Morgan fingerprint density at radius 3 is 2.22 bits per heavy atom. The van der Waals surface area contributed by atoms with E-state index in [0.717, 1.165) is 12.1 Å². The fourth-order valence-electron chi connectivity index (χ4n) is 2.33. The van der Waals surface area contributed by atoms with Gasteiger partial charge in [0.05, 0.1) is 5.56 Å². The fraction of sp³-hybridized carbons (Fsp3) is 0.294. The normalized spacial score (nSPS) is 14.3. The minimum absolute atomic E-state index is 0.0834. The second-order valence-corrected chi connectivity index (χ2v) is 5.40. The molecule has 0 aliphatic rings. The van der Waals surface area contributed by atoms with Crippen LogP contribution in [0.1, 0.15) is 24.5 Å². The Morgan fingerprint density at radius 2 is 1.65 bits per heavy atom. The summed E-state index contributed by atoms with van der Waals surface area (Å²) in [4.78, 5) is 0. The molecule has 0 spiro atoms. The van der Waals surface area contributed by atoms with Crippen molar-refractivity contribution >= 4 is 0 Å². The van der Waals surface area contributed by atoms with E-state index in [4.69, 9.17) is 10.5 Å². The summed E-state index contributed by atoms with van der Waals surface area (Å²) < 4.78 is 57.3. The molecule has 0 fully saturated rings. The zero-order valence-electron chi connectivity index (χ0n) is 12.5. The van der Waals surface area contributed by atoms with E-state index in [1.165, 1.54) is 24.3 Å². The number of hydrogen-bond donors (Lipinski definition) is 1. The predicted octanol–water partition coefficient (Wildman–Crippen LogP) is 4.49. The molecule has 0 saturated heterocycles. The van der Waals surface area contributed by atoms with Crippen LogP contribution in [0, 0.1) is 5.82 Å². The zero-order valence-corrected chi connectivity index (χ0v) is 12.5. The molecular formula is C17H17F4NO. The highest BCUT2D eigenvalue weighted by molar-refractivity contribution is 5.32. The number of nitrogens with two attached hydrogens (primary N) is 1. The van der Waals surface area contributed by atoms with E-state index in [1.807, 2.05) is 0 Å². The standard InChI is InChI=1S/C17H17F4NO/c1-16(9-10-22,12-5-7-14(18)8-6-12)23-15-4-2-3-13(11-15)17(19,20)21/h2-8,11H,9-10,22H2,1H3. The second-order valence-electron chi connectivity index (χ2n) is 5.40. The lowest BCUT2D eigenvalue weighted by molar-refractivity contribution is -0.137. The van der Waals surface area contributed by atoms with Crippen molar-refractivity contribution in [1.29, 1.82) is 0 Å². The summed E-state index contributed by atoms with van der Waals surface area (Å²) >= 11 is 0. The predicted molar refractivity (Wildman–Crippen MR) is 79.5 cm³/mol. The van der Waals surface area contributed by atoms with Gasteiger partial charge in [-0.15, -0.1) is 0 Å². The highest BCUT2D eigenvalue weighted by Crippen LogP contribution is 2.35. The van der Waals surface area contributed by atoms with Crippen LogP contribution >= 0.6 is 0 Å². The van der Waals surface area contributed by atoms with E-state index >= 15 is 0 Å². The highest BCUT2D eigenvalue weighted by atomic mass is 19.4. The smallest absolute Gasteiger partial charge is 0.416 e. The van der Waals surface area contributed by atoms with Crippen LogP contribution in [0.25, 0.3) is 0 Å². The first-order valence-corrected chi connectivity index (χ1v) is 7.07. The van der Waals surface area contributed by atoms with Gasteiger partial charge in [0, 0.05) is 6.42 Å². The Bertz CT molecular complexity index is 654. The molecule has 0 aliphatic carbocycles. The molecule has 0 aliphatic heterocycles. The van der Waals surface area contributed by atoms with Gasteiger partial charge in [-0.25, -0.2) is 4.39 Å². The van der Waals surface area contributed by atoms with Gasteiger partial charge in [0.1, 0.15) is 17.2 Å². The van der Waals surface area contributed by atoms with E-state index < -0.39 is 23.2 Å². The van der Waals surface area contributed by atoms with Crippen LogP contribution in [0.5, 0.6) is 5.75 Å². The number of rotatable bonds is 5. The Balaban J connectivity index is 2.34. The average Bonchev–Trinajstić information content (AvgIpc) is 2.47. The van der Waals surface area contributed by atoms with Crippen LogP contribution in [0.15, 0.2) is 48.5 Å². The van der Waals surface area contributed by atoms with Crippen LogP contribution in [-0.2, 0) is 11.8 Å². The molecule has 2 aromatic rings. The van der Waals surface area contributed by atoms with Gasteiger partial charge in [-0.3, -0.25) is 0 Å². The number of halogens is 4. The lowest BCUT2D eigenvalue weighted by Gasteiger charge is -2.31. The molecule has 0 amide bonds. The van der Waals surface area contributed by atoms with E-state index in [-0.39, 0.29) is 12.3 Å². The zero-order chi connectivity index (χ0) is 17.1. The average molecular weight is 327 g/mol. The topological polar surface area (TPSA) is 35.2 Å². The summed E-state index contributed by atoms with van der Waals surface area (Å²) in [5.74, 6) is -0.317. The van der Waals surface area contributed by atoms with Crippen molar-refractivity contribution in [3.05, 3.63) is 65.5 Å². The van der Waals surface area contributed by atoms with Crippen molar-refractivity contribution in [2.45, 2.75) is 25.1 Å². The van der Waals surface area contributed by atoms with Gasteiger partial charge in [-0.1, -0.05) is 18.2 Å². The summed E-state index contributed by atoms with van der Waals surface area (Å²) in [5, 5.41) is 0. The largest absolute Gasteiger partial charge is 0.483 e. The monoisotopic (exact) mass is 327 g/mol. The van der Waals surface area contributed by atoms with Crippen LogP contribution in [0.2, 0.25) is 0 Å². The number of hydrogen-bond acceptors (Lipinski definition) is 2. The van der Waals surface area contributed by atoms with Crippen molar-refractivity contribution < 1.29 is 22.3 Å². The van der Waals surface area contributed by atoms with E-state index in [2.05, 4.69) is 0 Å². The molecule has 2 N–H and O–H groups in total. The number of benzene rings is 2. The number of alkyl halides is 3. The molecule has 2 aromatic carbocycles. The highest BCUT2D eigenvalue weighted by Gasteiger charge is 2.32. The van der Waals surface area contributed by atoms with Gasteiger partial charge in [0.2, 0.25) is 0 Å². The quantitative estimate of drug-likeness (QED) is 0.821. The molecule has 1 unspecified atom stereocenters. The van der Waals surface area contributed by atoms with Crippen molar-refractivity contribution in [1.82, 2.24) is 0 Å². The van der Waals surface area contributed by atoms with Gasteiger partial charge in [-0.2, -0.15) is 13.2 Å². The summed E-state index contributed by atoms with van der Waals surface area (Å²) in [7, 11) is 0. The van der Waals surface area contributed by atoms with Crippen LogP contribution < -0.4 is 10.5 Å². The lowest BCUT2D eigenvalue weighted by atomic mass is 9.92. The molecule has 0 radical (unpaired) electrons. The van der Waals surface area contributed by atoms with Crippen LogP contribution in [0.3, 0.4) is 0 Å². The Morgan fingerprint density at radius 1 is 1.00 bits per heavy atom. The first-order valence-electron chi connectivity index (χ1n) is 7.07. The summed E-state index contributed by atoms with van der Waals surface area (Å²) in [6, 6.07) is 10.3. The maximum Gasteiger partial charge on any atom is 0.416 e. The number of ether oxygens (including phenoxy) is 1. The Hall–Kier alpha value is -2.08. The van der Waals surface area contributed by atoms with Crippen LogP contribution in [-0.4, -0.2) is 6.54 Å². The molecule has 0 aromatic heterocycles. The maximum atomic E-state index is 13.1. The molecule has 0 bridgehead atoms. The molecule has 0 saturated carbocycles. The minimum atomic E-state index is -4.44. The van der Waals surface area contributed by atoms with Crippen molar-refractivity contribution in [3.63, 3.8) is 0 Å². The SMILES string of the molecule is CC(CCN)(Oc1cccc(C(F)(F)F)c1)c1ccc(F)cc1. The summed E-state index contributed by atoms with van der Waals surface area (Å²) in [6.07, 6.45) is -4.08. The third-order valence-electron chi connectivity index (χ3n) is 3.58. The van der Waals surface area contributed by atoms with Gasteiger partial charge >= 0.3 is 6.18 Å². The summed E-state index contributed by atoms with van der Waals surface area (Å²) in [6.45, 7) is 1.99. The fourth-order valence-corrected chi connectivity index (χ4v) is 2.33. The molecule has 2 rings (SSSR count). The Labute approximate surface area is 131 Å². The second kappa shape index (κ2) is 6.58. The third kappa shape index (κ3) is 4.22. The molecule has 23 heavy (non-hydrogen) atoms. The first kappa shape index (κ1) is 17.3. The maximum absolute atomic E-state index is 13.1. The first-order chi connectivity index (χ1) is 10.7. The van der Waals surface area contributed by atoms with Crippen LogP contribution in [0.4, 0.5) is 17.6 Å². The van der Waals surface area contributed by atoms with E-state index in [1.54, 1.807) is 19.1 Å². The molecular weight excluding hydrogens is 310 g/mol. The van der Waals surface area contributed by atoms with Crippen molar-refractivity contribution in [2.75, 3.05) is 6.54 Å².